The summed E-state index contributed by atoms with van der Waals surface area (Å²) < 4.78 is 11.7. The molecular weight excluding hydrogens is 398 g/mol. The Balaban J connectivity index is 1.41. The van der Waals surface area contributed by atoms with E-state index in [1.807, 2.05) is 18.2 Å². The van der Waals surface area contributed by atoms with Crippen molar-refractivity contribution < 1.29 is 14.3 Å². The highest BCUT2D eigenvalue weighted by Crippen LogP contribution is 2.32. The summed E-state index contributed by atoms with van der Waals surface area (Å²) in [5.74, 6) is 0.681. The molecule has 1 unspecified atom stereocenters. The maximum atomic E-state index is 13.0. The van der Waals surface area contributed by atoms with Gasteiger partial charge in [-0.1, -0.05) is 30.3 Å². The fourth-order valence-electron chi connectivity index (χ4n) is 4.18. The van der Waals surface area contributed by atoms with E-state index < -0.39 is 17.2 Å². The molecule has 31 heavy (non-hydrogen) atoms. The summed E-state index contributed by atoms with van der Waals surface area (Å²) >= 11 is 0. The molecule has 5 rings (SSSR count). The molecule has 0 saturated carbocycles. The van der Waals surface area contributed by atoms with Crippen molar-refractivity contribution in [2.75, 3.05) is 6.79 Å². The van der Waals surface area contributed by atoms with Crippen molar-refractivity contribution in [1.29, 1.82) is 0 Å². The maximum absolute atomic E-state index is 13.0. The van der Waals surface area contributed by atoms with Crippen LogP contribution in [0.4, 0.5) is 0 Å². The molecule has 0 fully saturated rings. The number of nitrogens with one attached hydrogen (secondary N) is 2. The van der Waals surface area contributed by atoms with Crippen molar-refractivity contribution in [1.82, 2.24) is 14.9 Å². The first-order valence-corrected chi connectivity index (χ1v) is 10.2. The average molecular weight is 419 g/mol. The van der Waals surface area contributed by atoms with Gasteiger partial charge in [0.25, 0.3) is 11.5 Å². The lowest BCUT2D eigenvalue weighted by atomic mass is 9.87. The number of ether oxygens (including phenoxy) is 2. The minimum Gasteiger partial charge on any atom is -0.454 e. The maximum Gasteiger partial charge on any atom is 0.328 e. The van der Waals surface area contributed by atoms with E-state index in [1.165, 1.54) is 11.8 Å². The van der Waals surface area contributed by atoms with Gasteiger partial charge in [-0.15, -0.1) is 0 Å². The summed E-state index contributed by atoms with van der Waals surface area (Å²) in [4.78, 5) is 40.7. The molecule has 1 amide bonds. The van der Waals surface area contributed by atoms with Gasteiger partial charge in [-0.05, 0) is 48.1 Å². The van der Waals surface area contributed by atoms with E-state index in [4.69, 9.17) is 9.47 Å². The number of H-pyrrole nitrogens is 1. The molecule has 1 atom stereocenters. The van der Waals surface area contributed by atoms with Gasteiger partial charge in [-0.3, -0.25) is 14.2 Å². The number of fused-ring (bicyclic) bond motifs is 2. The van der Waals surface area contributed by atoms with E-state index >= 15 is 0 Å². The summed E-state index contributed by atoms with van der Waals surface area (Å²) in [6.07, 6.45) is 3.92. The van der Waals surface area contributed by atoms with Gasteiger partial charge in [-0.25, -0.2) is 4.79 Å². The van der Waals surface area contributed by atoms with E-state index in [-0.39, 0.29) is 24.9 Å². The second-order valence-corrected chi connectivity index (χ2v) is 7.70. The number of hydrogen-bond donors (Lipinski definition) is 2. The lowest BCUT2D eigenvalue weighted by Gasteiger charge is -2.26. The molecule has 1 aliphatic heterocycles. The Labute approximate surface area is 177 Å². The minimum atomic E-state index is -0.636. The van der Waals surface area contributed by atoms with Crippen LogP contribution in [-0.2, 0) is 13.0 Å². The fraction of sp³-hybridized carbons (Fsp3) is 0.261. The van der Waals surface area contributed by atoms with Crippen LogP contribution in [0.2, 0.25) is 0 Å². The van der Waals surface area contributed by atoms with Crippen LogP contribution in [0.5, 0.6) is 11.5 Å². The number of benzene rings is 2. The van der Waals surface area contributed by atoms with Crippen LogP contribution in [0.15, 0.2) is 58.3 Å². The van der Waals surface area contributed by atoms with Gasteiger partial charge >= 0.3 is 5.69 Å². The minimum absolute atomic E-state index is 0.0121. The Hall–Kier alpha value is -3.81. The molecule has 2 aliphatic rings. The third-order valence-electron chi connectivity index (χ3n) is 5.76. The van der Waals surface area contributed by atoms with Crippen LogP contribution in [0, 0.1) is 0 Å². The molecule has 0 spiro atoms. The van der Waals surface area contributed by atoms with Crippen molar-refractivity contribution in [2.24, 2.45) is 0 Å². The first kappa shape index (κ1) is 19.2. The Morgan fingerprint density at radius 2 is 1.97 bits per heavy atom. The van der Waals surface area contributed by atoms with Gasteiger partial charge in [0.05, 0.1) is 12.6 Å². The Morgan fingerprint density at radius 3 is 2.87 bits per heavy atom. The molecule has 0 radical (unpaired) electrons. The standard InChI is InChI=1S/C23H21N3O5/c27-21(25-18-7-3-5-15-4-1-2-6-16(15)18)17-11-24-23(29)26(22(17)28)12-14-8-9-19-20(10-14)31-13-30-19/h1-2,4,6,8-11,18H,3,5,7,12-13H2,(H,24,29)(H,25,27). The molecule has 0 bridgehead atoms. The highest BCUT2D eigenvalue weighted by molar-refractivity contribution is 5.93. The molecular formula is C23H21N3O5. The number of rotatable bonds is 4. The molecule has 158 valence electrons. The molecule has 0 saturated heterocycles. The molecule has 2 heterocycles. The van der Waals surface area contributed by atoms with Gasteiger partial charge in [-0.2, -0.15) is 0 Å². The number of nitrogens with zero attached hydrogens (tertiary/aromatic N) is 1. The highest BCUT2D eigenvalue weighted by Gasteiger charge is 2.24. The number of aromatic amines is 1. The van der Waals surface area contributed by atoms with Crippen LogP contribution in [-0.4, -0.2) is 22.3 Å². The molecule has 3 aromatic rings. The SMILES string of the molecule is O=C(NC1CCCc2ccccc21)c1c[nH]c(=O)n(Cc2ccc3c(c2)OCO3)c1=O. The van der Waals surface area contributed by atoms with Gasteiger partial charge in [0, 0.05) is 6.20 Å². The van der Waals surface area contributed by atoms with E-state index in [0.29, 0.717) is 17.1 Å². The van der Waals surface area contributed by atoms with Crippen molar-refractivity contribution in [3.05, 3.63) is 91.8 Å². The largest absolute Gasteiger partial charge is 0.454 e. The van der Waals surface area contributed by atoms with E-state index in [2.05, 4.69) is 16.4 Å². The second kappa shape index (κ2) is 7.79. The van der Waals surface area contributed by atoms with Crippen LogP contribution in [0.1, 0.15) is 45.9 Å². The predicted octanol–water partition coefficient (Wildman–Crippen LogP) is 2.12. The van der Waals surface area contributed by atoms with Crippen molar-refractivity contribution in [2.45, 2.75) is 31.8 Å². The van der Waals surface area contributed by atoms with Gasteiger partial charge in [0.2, 0.25) is 6.79 Å². The number of aryl methyl sites for hydroxylation is 1. The Kier molecular flexibility index (Phi) is 4.82. The molecule has 2 aromatic carbocycles. The lowest BCUT2D eigenvalue weighted by molar-refractivity contribution is 0.0930. The number of aromatic nitrogens is 2. The predicted molar refractivity (Wildman–Crippen MR) is 113 cm³/mol. The average Bonchev–Trinajstić information content (AvgIpc) is 3.25. The molecule has 1 aromatic heterocycles. The summed E-state index contributed by atoms with van der Waals surface area (Å²) in [6, 6.07) is 13.0. The van der Waals surface area contributed by atoms with E-state index in [0.717, 1.165) is 29.4 Å². The molecule has 2 N–H and O–H groups in total. The molecule has 8 heteroatoms. The van der Waals surface area contributed by atoms with Crippen molar-refractivity contribution in [3.8, 4) is 11.5 Å². The van der Waals surface area contributed by atoms with E-state index in [1.54, 1.807) is 18.2 Å². The third kappa shape index (κ3) is 3.61. The smallest absolute Gasteiger partial charge is 0.328 e. The fourth-order valence-corrected chi connectivity index (χ4v) is 4.18. The summed E-state index contributed by atoms with van der Waals surface area (Å²) in [6.45, 7) is 0.150. The summed E-state index contributed by atoms with van der Waals surface area (Å²) in [5, 5.41) is 2.97. The number of hydrogen-bond acceptors (Lipinski definition) is 5. The Morgan fingerprint density at radius 1 is 1.13 bits per heavy atom. The van der Waals surface area contributed by atoms with Crippen molar-refractivity contribution >= 4 is 5.91 Å². The van der Waals surface area contributed by atoms with Crippen LogP contribution < -0.4 is 26.0 Å². The summed E-state index contributed by atoms with van der Waals surface area (Å²) in [7, 11) is 0. The zero-order valence-corrected chi connectivity index (χ0v) is 16.7. The van der Waals surface area contributed by atoms with Crippen LogP contribution >= 0.6 is 0 Å². The number of carbonyl (C=O) groups excluding carboxylic acids is 1. The lowest BCUT2D eigenvalue weighted by Crippen LogP contribution is -2.41. The number of amides is 1. The zero-order chi connectivity index (χ0) is 21.4. The monoisotopic (exact) mass is 419 g/mol. The topological polar surface area (TPSA) is 102 Å². The van der Waals surface area contributed by atoms with Gasteiger partial charge in [0.1, 0.15) is 5.56 Å². The van der Waals surface area contributed by atoms with Crippen LogP contribution in [0.25, 0.3) is 0 Å². The van der Waals surface area contributed by atoms with Crippen LogP contribution in [0.3, 0.4) is 0 Å². The summed E-state index contributed by atoms with van der Waals surface area (Å²) in [5.41, 5.74) is 1.66. The van der Waals surface area contributed by atoms with E-state index in [9.17, 15) is 14.4 Å². The quantitative estimate of drug-likeness (QED) is 0.675. The molecule has 8 nitrogen and oxygen atoms in total. The number of carbonyl (C=O) groups is 1. The zero-order valence-electron chi connectivity index (χ0n) is 16.7. The highest BCUT2D eigenvalue weighted by atomic mass is 16.7. The second-order valence-electron chi connectivity index (χ2n) is 7.70. The van der Waals surface area contributed by atoms with Gasteiger partial charge < -0.3 is 19.8 Å². The normalized spacial score (nSPS) is 16.6. The first-order valence-electron chi connectivity index (χ1n) is 10.2. The Bertz CT molecular complexity index is 1280. The first-order chi connectivity index (χ1) is 15.1. The van der Waals surface area contributed by atoms with Crippen molar-refractivity contribution in [3.63, 3.8) is 0 Å². The third-order valence-corrected chi connectivity index (χ3v) is 5.76. The molecule has 1 aliphatic carbocycles. The van der Waals surface area contributed by atoms with Gasteiger partial charge in [0.15, 0.2) is 11.5 Å².